The Balaban J connectivity index is 1.59. The van der Waals surface area contributed by atoms with Gasteiger partial charge in [0.05, 0.1) is 24.6 Å². The fourth-order valence-electron chi connectivity index (χ4n) is 3.43. The molecule has 3 amide bonds. The van der Waals surface area contributed by atoms with Crippen molar-refractivity contribution in [2.75, 3.05) is 13.2 Å². The fraction of sp³-hybridized carbons (Fsp3) is 0.769. The highest BCUT2D eigenvalue weighted by Gasteiger charge is 2.48. The fourth-order valence-corrected chi connectivity index (χ4v) is 3.82. The highest BCUT2D eigenvalue weighted by Crippen LogP contribution is 2.30. The maximum absolute atomic E-state index is 12.3. The number of ether oxygens (including phenoxy) is 1. The van der Waals surface area contributed by atoms with Crippen molar-refractivity contribution in [1.82, 2.24) is 15.3 Å². The van der Waals surface area contributed by atoms with E-state index in [1.54, 1.807) is 0 Å². The van der Waals surface area contributed by atoms with Crippen molar-refractivity contribution in [3.63, 3.8) is 0 Å². The van der Waals surface area contributed by atoms with Crippen molar-refractivity contribution in [2.45, 2.75) is 50.3 Å². The van der Waals surface area contributed by atoms with Crippen LogP contribution in [0.5, 0.6) is 0 Å². The second-order valence-electron chi connectivity index (χ2n) is 6.31. The topological polar surface area (TPSA) is 149 Å². The molecule has 0 aromatic carbocycles. The van der Waals surface area contributed by atoms with E-state index in [0.717, 1.165) is 12.8 Å². The van der Waals surface area contributed by atoms with Gasteiger partial charge >= 0.3 is 16.4 Å². The van der Waals surface area contributed by atoms with Crippen LogP contribution in [0.2, 0.25) is 0 Å². The van der Waals surface area contributed by atoms with Crippen LogP contribution < -0.4 is 5.32 Å². The quantitative estimate of drug-likeness (QED) is 0.337. The molecule has 3 saturated heterocycles. The molecule has 25 heavy (non-hydrogen) atoms. The Morgan fingerprint density at radius 2 is 2.16 bits per heavy atom. The number of rotatable bonds is 5. The summed E-state index contributed by atoms with van der Waals surface area (Å²) in [5.74, 6) is -0.472. The molecular weight excluding hydrogens is 356 g/mol. The first-order valence-electron chi connectivity index (χ1n) is 8.01. The summed E-state index contributed by atoms with van der Waals surface area (Å²) in [7, 11) is -4.81. The van der Waals surface area contributed by atoms with Crippen molar-refractivity contribution in [3.8, 4) is 0 Å². The summed E-state index contributed by atoms with van der Waals surface area (Å²) in [6.07, 6.45) is 2.48. The molecule has 0 aliphatic carbocycles. The predicted molar refractivity (Wildman–Crippen MR) is 82.8 cm³/mol. The second kappa shape index (κ2) is 6.86. The molecule has 140 valence electrons. The molecule has 0 aromatic heterocycles. The van der Waals surface area contributed by atoms with Gasteiger partial charge < -0.3 is 15.0 Å². The Morgan fingerprint density at radius 1 is 1.40 bits per heavy atom. The van der Waals surface area contributed by atoms with Crippen LogP contribution in [0.3, 0.4) is 0 Å². The van der Waals surface area contributed by atoms with Gasteiger partial charge in [0, 0.05) is 13.2 Å². The van der Waals surface area contributed by atoms with Gasteiger partial charge in [-0.15, -0.1) is 4.28 Å². The van der Waals surface area contributed by atoms with Crippen LogP contribution in [0.15, 0.2) is 0 Å². The minimum absolute atomic E-state index is 0.122. The lowest BCUT2D eigenvalue weighted by Gasteiger charge is -2.30. The molecule has 0 saturated carbocycles. The Labute approximate surface area is 144 Å². The maximum atomic E-state index is 12.3. The molecule has 3 heterocycles. The van der Waals surface area contributed by atoms with Crippen LogP contribution >= 0.6 is 0 Å². The van der Waals surface area contributed by atoms with Crippen LogP contribution in [-0.4, -0.2) is 72.0 Å². The van der Waals surface area contributed by atoms with Crippen molar-refractivity contribution in [2.24, 2.45) is 0 Å². The summed E-state index contributed by atoms with van der Waals surface area (Å²) < 4.78 is 40.2. The van der Waals surface area contributed by atoms with E-state index in [1.807, 2.05) is 0 Å². The number of carbonyl (C=O) groups excluding carboxylic acids is 2. The summed E-state index contributed by atoms with van der Waals surface area (Å²) in [5.41, 5.74) is 0. The predicted octanol–water partition coefficient (Wildman–Crippen LogP) is -0.348. The third-order valence-corrected chi connectivity index (χ3v) is 4.89. The number of carbonyl (C=O) groups is 2. The average Bonchev–Trinajstić information content (AvgIpc) is 3.09. The van der Waals surface area contributed by atoms with Crippen molar-refractivity contribution >= 4 is 28.2 Å². The molecule has 11 nitrogen and oxygen atoms in total. The van der Waals surface area contributed by atoms with Crippen LogP contribution in [0, 0.1) is 5.41 Å². The third-order valence-electron chi connectivity index (χ3n) is 4.54. The molecule has 3 aliphatic heterocycles. The molecule has 0 spiro atoms. The lowest BCUT2D eigenvalue weighted by atomic mass is 10.00. The molecule has 12 heteroatoms. The molecule has 3 rings (SSSR count). The van der Waals surface area contributed by atoms with Gasteiger partial charge in [-0.3, -0.25) is 14.8 Å². The number of hydroxylamine groups is 2. The first-order valence-corrected chi connectivity index (χ1v) is 9.38. The summed E-state index contributed by atoms with van der Waals surface area (Å²) in [4.78, 5) is 25.5. The maximum Gasteiger partial charge on any atom is 0.418 e. The summed E-state index contributed by atoms with van der Waals surface area (Å²) in [6, 6.07) is -1.96. The smallest absolute Gasteiger partial charge is 0.378 e. The lowest BCUT2D eigenvalue weighted by Crippen LogP contribution is -2.51. The number of hydrogen-bond donors (Lipinski definition) is 3. The largest absolute Gasteiger partial charge is 0.418 e. The van der Waals surface area contributed by atoms with Gasteiger partial charge in [0.15, 0.2) is 0 Å². The van der Waals surface area contributed by atoms with E-state index in [-0.39, 0.29) is 30.8 Å². The normalized spacial score (nSPS) is 29.2. The standard InChI is InChI=1S/C13H20N4O7S/c14-12(15-11(18)6-9-2-1-5-23-9)10-4-3-8-7-16(10)13(19)17(8)24-25(20,21)22/h8-10H,1-7H2,(H2,14,15,18)(H,20,21,22)/t8-,9?,10+/m1/s1. The summed E-state index contributed by atoms with van der Waals surface area (Å²) in [6.45, 7) is 0.786. The van der Waals surface area contributed by atoms with Gasteiger partial charge in [-0.1, -0.05) is 0 Å². The SMILES string of the molecule is N=C(NC(=O)CC1CCCO1)[C@@H]1CC[C@@H]2CN1C(=O)N2OS(=O)(=O)O. The van der Waals surface area contributed by atoms with Gasteiger partial charge in [-0.05, 0) is 25.7 Å². The number of piperidine rings is 1. The number of fused-ring (bicyclic) bond motifs is 2. The Kier molecular flexibility index (Phi) is 4.95. The van der Waals surface area contributed by atoms with E-state index in [1.165, 1.54) is 4.90 Å². The average molecular weight is 376 g/mol. The first-order chi connectivity index (χ1) is 11.7. The zero-order valence-corrected chi connectivity index (χ0v) is 14.2. The summed E-state index contributed by atoms with van der Waals surface area (Å²) >= 11 is 0. The number of amides is 3. The van der Waals surface area contributed by atoms with Crippen LogP contribution in [0.4, 0.5) is 4.79 Å². The number of urea groups is 1. The minimum Gasteiger partial charge on any atom is -0.378 e. The zero-order chi connectivity index (χ0) is 18.2. The van der Waals surface area contributed by atoms with Gasteiger partial charge in [-0.25, -0.2) is 4.79 Å². The molecule has 3 N–H and O–H groups in total. The number of nitrogens with one attached hydrogen (secondary N) is 2. The monoisotopic (exact) mass is 376 g/mol. The van der Waals surface area contributed by atoms with Crippen molar-refractivity contribution in [1.29, 1.82) is 5.41 Å². The Bertz CT molecular complexity index is 676. The van der Waals surface area contributed by atoms with Gasteiger partial charge in [0.1, 0.15) is 5.84 Å². The Morgan fingerprint density at radius 3 is 2.80 bits per heavy atom. The van der Waals surface area contributed by atoms with Crippen LogP contribution in [0.1, 0.15) is 32.1 Å². The molecule has 0 radical (unpaired) electrons. The molecule has 3 fully saturated rings. The number of nitrogens with zero attached hydrogens (tertiary/aromatic N) is 2. The highest BCUT2D eigenvalue weighted by molar-refractivity contribution is 7.80. The lowest BCUT2D eigenvalue weighted by molar-refractivity contribution is -0.121. The second-order valence-corrected chi connectivity index (χ2v) is 7.32. The Hall–Kier alpha value is -1.76. The van der Waals surface area contributed by atoms with Crippen LogP contribution in [-0.2, 0) is 24.2 Å². The van der Waals surface area contributed by atoms with E-state index >= 15 is 0 Å². The van der Waals surface area contributed by atoms with Gasteiger partial charge in [-0.2, -0.15) is 13.5 Å². The summed E-state index contributed by atoms with van der Waals surface area (Å²) in [5, 5.41) is 11.2. The molecular formula is C13H20N4O7S. The van der Waals surface area contributed by atoms with Gasteiger partial charge in [0.2, 0.25) is 5.91 Å². The number of hydrogen-bond acceptors (Lipinski definition) is 7. The van der Waals surface area contributed by atoms with Crippen molar-refractivity contribution < 1.29 is 31.6 Å². The van der Waals surface area contributed by atoms with Crippen molar-refractivity contribution in [3.05, 3.63) is 0 Å². The molecule has 2 bridgehead atoms. The van der Waals surface area contributed by atoms with E-state index in [9.17, 15) is 18.0 Å². The molecule has 0 aromatic rings. The van der Waals surface area contributed by atoms with E-state index in [2.05, 4.69) is 9.60 Å². The molecule has 1 unspecified atom stereocenters. The van der Waals surface area contributed by atoms with Crippen LogP contribution in [0.25, 0.3) is 0 Å². The number of amidine groups is 1. The third kappa shape index (κ3) is 4.08. The molecule has 3 atom stereocenters. The first kappa shape index (κ1) is 18.0. The van der Waals surface area contributed by atoms with Gasteiger partial charge in [0.25, 0.3) is 0 Å². The zero-order valence-electron chi connectivity index (χ0n) is 13.4. The van der Waals surface area contributed by atoms with E-state index in [0.29, 0.717) is 24.5 Å². The minimum atomic E-state index is -4.81. The van der Waals surface area contributed by atoms with E-state index < -0.39 is 28.5 Å². The van der Waals surface area contributed by atoms with E-state index in [4.69, 9.17) is 14.7 Å². The molecule has 3 aliphatic rings. The highest BCUT2D eigenvalue weighted by atomic mass is 32.3.